The van der Waals surface area contributed by atoms with Gasteiger partial charge in [-0.1, -0.05) is 12.1 Å². The molecule has 1 aliphatic rings. The Kier molecular flexibility index (Phi) is 4.39. The smallest absolute Gasteiger partial charge is 0.261 e. The summed E-state index contributed by atoms with van der Waals surface area (Å²) in [7, 11) is 3.82. The quantitative estimate of drug-likeness (QED) is 0.694. The zero-order valence-electron chi connectivity index (χ0n) is 12.5. The van der Waals surface area contributed by atoms with E-state index in [2.05, 4.69) is 0 Å². The highest BCUT2D eigenvalue weighted by Gasteiger charge is 2.32. The maximum atomic E-state index is 12.6. The van der Waals surface area contributed by atoms with Crippen molar-refractivity contribution in [1.29, 1.82) is 0 Å². The number of carbonyl (C=O) groups excluding carboxylic acids is 2. The molecule has 0 radical (unpaired) electrons. The van der Waals surface area contributed by atoms with Crippen molar-refractivity contribution in [2.75, 3.05) is 32.9 Å². The molecule has 1 heterocycles. The molecular weight excluding hydrogens is 302 g/mol. The minimum atomic E-state index is -0.266. The molecule has 0 spiro atoms. The molecule has 0 bridgehead atoms. The number of benzene rings is 2. The summed E-state index contributed by atoms with van der Waals surface area (Å²) in [6.07, 6.45) is 0. The second-order valence-corrected chi connectivity index (χ2v) is 5.54. The van der Waals surface area contributed by atoms with Crippen LogP contribution in [0.25, 0.3) is 10.8 Å². The highest BCUT2D eigenvalue weighted by atomic mass is 35.5. The summed E-state index contributed by atoms with van der Waals surface area (Å²) in [5, 5.41) is 1.54. The van der Waals surface area contributed by atoms with Crippen LogP contribution in [0.4, 0.5) is 5.69 Å². The fraction of sp³-hybridized carbons (Fsp3) is 0.250. The number of likely N-dealkylation sites (N-methyl/N-ethyl adjacent to an activating group) is 1. The van der Waals surface area contributed by atoms with Gasteiger partial charge in [0.15, 0.2) is 0 Å². The fourth-order valence-electron chi connectivity index (χ4n) is 2.68. The third-order valence-electron chi connectivity index (χ3n) is 3.72. The van der Waals surface area contributed by atoms with E-state index in [1.165, 1.54) is 4.90 Å². The molecule has 2 aromatic carbocycles. The fourth-order valence-corrected chi connectivity index (χ4v) is 2.68. The lowest BCUT2D eigenvalue weighted by Crippen LogP contribution is -2.43. The van der Waals surface area contributed by atoms with Gasteiger partial charge in [0.1, 0.15) is 0 Å². The van der Waals surface area contributed by atoms with E-state index in [9.17, 15) is 9.59 Å². The van der Waals surface area contributed by atoms with Crippen LogP contribution in [0.2, 0.25) is 0 Å². The maximum Gasteiger partial charge on any atom is 0.261 e. The number of amides is 2. The predicted octanol–water partition coefficient (Wildman–Crippen LogP) is 2.00. The van der Waals surface area contributed by atoms with E-state index in [1.54, 1.807) is 18.2 Å². The summed E-state index contributed by atoms with van der Waals surface area (Å²) in [5.41, 5.74) is 7.49. The first kappa shape index (κ1) is 16.3. The Morgan fingerprint density at radius 1 is 1.09 bits per heavy atom. The number of hydrogen-bond acceptors (Lipinski definition) is 4. The van der Waals surface area contributed by atoms with Crippen LogP contribution in [-0.4, -0.2) is 48.8 Å². The lowest BCUT2D eigenvalue weighted by Gasteiger charge is -2.28. The molecule has 0 aromatic heterocycles. The van der Waals surface area contributed by atoms with Crippen LogP contribution in [0.5, 0.6) is 0 Å². The molecule has 2 N–H and O–H groups in total. The van der Waals surface area contributed by atoms with Crippen molar-refractivity contribution in [1.82, 2.24) is 9.80 Å². The lowest BCUT2D eigenvalue weighted by molar-refractivity contribution is 0.0601. The highest BCUT2D eigenvalue weighted by molar-refractivity contribution is 6.25. The van der Waals surface area contributed by atoms with Gasteiger partial charge in [-0.3, -0.25) is 14.5 Å². The Balaban J connectivity index is 0.00000176. The number of nitrogens with two attached hydrogens (primary N) is 1. The van der Waals surface area contributed by atoms with Crippen molar-refractivity contribution in [2.24, 2.45) is 0 Å². The normalized spacial score (nSPS) is 13.7. The average Bonchev–Trinajstić information content (AvgIpc) is 2.43. The van der Waals surface area contributed by atoms with Gasteiger partial charge in [0.05, 0.1) is 5.56 Å². The van der Waals surface area contributed by atoms with E-state index < -0.39 is 0 Å². The molecule has 2 amide bonds. The van der Waals surface area contributed by atoms with Gasteiger partial charge in [0.2, 0.25) is 0 Å². The van der Waals surface area contributed by atoms with Gasteiger partial charge >= 0.3 is 0 Å². The largest absolute Gasteiger partial charge is 0.399 e. The molecule has 6 heteroatoms. The van der Waals surface area contributed by atoms with Crippen LogP contribution < -0.4 is 5.73 Å². The number of carbonyl (C=O) groups is 2. The van der Waals surface area contributed by atoms with Crippen molar-refractivity contribution in [3.8, 4) is 0 Å². The Morgan fingerprint density at radius 2 is 1.77 bits per heavy atom. The molecule has 116 valence electrons. The van der Waals surface area contributed by atoms with Crippen molar-refractivity contribution in [3.63, 3.8) is 0 Å². The third kappa shape index (κ3) is 2.53. The first-order valence-corrected chi connectivity index (χ1v) is 6.82. The Labute approximate surface area is 135 Å². The molecule has 2 aromatic rings. The van der Waals surface area contributed by atoms with Crippen LogP contribution in [0, 0.1) is 0 Å². The first-order chi connectivity index (χ1) is 9.99. The molecule has 0 aliphatic carbocycles. The molecule has 0 unspecified atom stereocenters. The molecule has 0 fully saturated rings. The monoisotopic (exact) mass is 319 g/mol. The number of nitrogens with zero attached hydrogens (tertiary/aromatic N) is 2. The van der Waals surface area contributed by atoms with Crippen molar-refractivity contribution >= 4 is 40.7 Å². The van der Waals surface area contributed by atoms with Gasteiger partial charge in [0.25, 0.3) is 11.8 Å². The number of nitrogen functional groups attached to an aromatic ring is 1. The van der Waals surface area contributed by atoms with Gasteiger partial charge in [-0.25, -0.2) is 0 Å². The number of hydrogen-bond donors (Lipinski definition) is 1. The van der Waals surface area contributed by atoms with E-state index >= 15 is 0 Å². The van der Waals surface area contributed by atoms with Crippen LogP contribution in [0.1, 0.15) is 20.7 Å². The van der Waals surface area contributed by atoms with E-state index in [4.69, 9.17) is 5.73 Å². The Morgan fingerprint density at radius 3 is 2.45 bits per heavy atom. The molecule has 5 nitrogen and oxygen atoms in total. The van der Waals surface area contributed by atoms with E-state index in [0.717, 1.165) is 5.39 Å². The Bertz CT molecular complexity index is 758. The molecule has 0 atom stereocenters. The summed E-state index contributed by atoms with van der Waals surface area (Å²) in [6, 6.07) is 8.90. The highest BCUT2D eigenvalue weighted by Crippen LogP contribution is 2.31. The topological polar surface area (TPSA) is 66.6 Å². The summed E-state index contributed by atoms with van der Waals surface area (Å²) < 4.78 is 0. The third-order valence-corrected chi connectivity index (χ3v) is 3.72. The standard InChI is InChI=1S/C16H17N3O2.ClH/c1-18(2)6-7-19-15(20)12-5-3-4-10-8-11(17)9-13(14(10)12)16(19)21;/h3-5,8-9H,6-7,17H2,1-2H3;1H. The SMILES string of the molecule is CN(C)CCN1C(=O)c2cccc3cc(N)cc(c23)C1=O.Cl. The predicted molar refractivity (Wildman–Crippen MR) is 89.5 cm³/mol. The number of halogens is 1. The number of imide groups is 1. The zero-order chi connectivity index (χ0) is 15.1. The molecule has 0 saturated carbocycles. The molecule has 3 rings (SSSR count). The summed E-state index contributed by atoms with van der Waals surface area (Å²) >= 11 is 0. The van der Waals surface area contributed by atoms with Crippen LogP contribution in [0.3, 0.4) is 0 Å². The van der Waals surface area contributed by atoms with Crippen molar-refractivity contribution in [3.05, 3.63) is 41.5 Å². The van der Waals surface area contributed by atoms with Gasteiger partial charge in [0, 0.05) is 29.7 Å². The minimum absolute atomic E-state index is 0. The van der Waals surface area contributed by atoms with Gasteiger partial charge in [-0.05, 0) is 37.7 Å². The van der Waals surface area contributed by atoms with Gasteiger partial charge in [-0.15, -0.1) is 12.4 Å². The van der Waals surface area contributed by atoms with E-state index in [1.807, 2.05) is 31.1 Å². The second-order valence-electron chi connectivity index (χ2n) is 5.54. The minimum Gasteiger partial charge on any atom is -0.399 e. The summed E-state index contributed by atoms with van der Waals surface area (Å²) in [6.45, 7) is 1.00. The average molecular weight is 320 g/mol. The maximum absolute atomic E-state index is 12.6. The molecule has 1 aliphatic heterocycles. The van der Waals surface area contributed by atoms with Crippen LogP contribution in [-0.2, 0) is 0 Å². The second kappa shape index (κ2) is 5.94. The van der Waals surface area contributed by atoms with Crippen LogP contribution >= 0.6 is 12.4 Å². The molecule has 22 heavy (non-hydrogen) atoms. The number of rotatable bonds is 3. The van der Waals surface area contributed by atoms with Crippen molar-refractivity contribution < 1.29 is 9.59 Å². The van der Waals surface area contributed by atoms with E-state index in [0.29, 0.717) is 35.3 Å². The lowest BCUT2D eigenvalue weighted by atomic mass is 9.93. The van der Waals surface area contributed by atoms with Gasteiger partial charge in [-0.2, -0.15) is 0 Å². The number of anilines is 1. The summed E-state index contributed by atoms with van der Waals surface area (Å²) in [4.78, 5) is 28.4. The molecular formula is C16H18ClN3O2. The molecule has 0 saturated heterocycles. The zero-order valence-corrected chi connectivity index (χ0v) is 13.3. The van der Waals surface area contributed by atoms with Crippen LogP contribution in [0.15, 0.2) is 30.3 Å². The summed E-state index contributed by atoms with van der Waals surface area (Å²) in [5.74, 6) is -0.498. The van der Waals surface area contributed by atoms with Gasteiger partial charge < -0.3 is 10.6 Å². The van der Waals surface area contributed by atoms with E-state index in [-0.39, 0.29) is 24.2 Å². The Hall–Kier alpha value is -2.11. The first-order valence-electron chi connectivity index (χ1n) is 6.82. The van der Waals surface area contributed by atoms with Crippen molar-refractivity contribution in [2.45, 2.75) is 0 Å².